The fourth-order valence-corrected chi connectivity index (χ4v) is 5.52. The normalized spacial score (nSPS) is 17.3. The van der Waals surface area contributed by atoms with Crippen molar-refractivity contribution in [3.63, 3.8) is 0 Å². The maximum absolute atomic E-state index is 11.7. The van der Waals surface area contributed by atoms with Crippen LogP contribution >= 0.6 is 23.5 Å². The molecule has 6 aromatic rings. The lowest BCUT2D eigenvalue weighted by atomic mass is 10.1. The van der Waals surface area contributed by atoms with Crippen LogP contribution in [0.3, 0.4) is 0 Å². The van der Waals surface area contributed by atoms with Gasteiger partial charge in [0.15, 0.2) is 10.3 Å². The summed E-state index contributed by atoms with van der Waals surface area (Å²) in [6.07, 6.45) is -1.65. The summed E-state index contributed by atoms with van der Waals surface area (Å²) in [5.74, 6) is 0.874. The Morgan fingerprint density at radius 3 is 1.98 bits per heavy atom. The van der Waals surface area contributed by atoms with E-state index in [1.807, 2.05) is 0 Å². The van der Waals surface area contributed by atoms with Crippen molar-refractivity contribution in [2.75, 3.05) is 21.3 Å². The lowest BCUT2D eigenvalue weighted by molar-refractivity contribution is -0.386. The van der Waals surface area contributed by atoms with Crippen LogP contribution in [0.5, 0.6) is 17.2 Å². The second-order valence-electron chi connectivity index (χ2n) is 9.22. The lowest BCUT2D eigenvalue weighted by Crippen LogP contribution is -2.01. The van der Waals surface area contributed by atoms with Gasteiger partial charge in [-0.05, 0) is 51.7 Å². The maximum atomic E-state index is 11.7. The van der Waals surface area contributed by atoms with Gasteiger partial charge in [-0.3, -0.25) is 20.1 Å². The van der Waals surface area contributed by atoms with E-state index in [1.54, 1.807) is 43.5 Å². The molecule has 14 heteroatoms. The summed E-state index contributed by atoms with van der Waals surface area (Å²) in [4.78, 5) is 32.7. The molecule has 0 bridgehead atoms. The maximum Gasteiger partial charge on any atom is 0.278 e. The van der Waals surface area contributed by atoms with Crippen LogP contribution < -0.4 is 14.2 Å². The summed E-state index contributed by atoms with van der Waals surface area (Å²) in [7, 11) is 4.20. The summed E-state index contributed by atoms with van der Waals surface area (Å²) in [6, 6.07) is 10.2. The first-order valence-electron chi connectivity index (χ1n) is 21.2. The molecular formula is C33H35N7O5S2. The van der Waals surface area contributed by atoms with E-state index in [-0.39, 0.29) is 27.9 Å². The smallest absolute Gasteiger partial charge is 0.278 e. The van der Waals surface area contributed by atoms with Crippen molar-refractivity contribution in [1.29, 1.82) is 0 Å². The number of nitro groups is 1. The number of rotatable bonds is 10. The number of aromatic nitrogens is 6. The van der Waals surface area contributed by atoms with E-state index in [0.717, 1.165) is 5.52 Å². The number of thioether (sulfide) groups is 2. The molecule has 0 unspecified atom stereocenters. The number of nitrogens with zero attached hydrogens (tertiary/aromatic N) is 5. The first kappa shape index (κ1) is 18.5. The van der Waals surface area contributed by atoms with Crippen molar-refractivity contribution in [2.45, 2.75) is 49.2 Å². The van der Waals surface area contributed by atoms with Crippen LogP contribution in [-0.4, -0.2) is 56.2 Å². The summed E-state index contributed by atoms with van der Waals surface area (Å²) < 4.78 is 141. The molecule has 0 aliphatic rings. The Balaban J connectivity index is 0.000000239. The van der Waals surface area contributed by atoms with Crippen molar-refractivity contribution < 1.29 is 41.1 Å². The van der Waals surface area contributed by atoms with Crippen LogP contribution in [0.1, 0.15) is 55.6 Å². The molecule has 2 N–H and O–H groups in total. The quantitative estimate of drug-likeness (QED) is 0.0827. The van der Waals surface area contributed by atoms with Crippen LogP contribution in [0, 0.1) is 37.5 Å². The molecule has 0 aliphatic heterocycles. The molecule has 12 nitrogen and oxygen atoms in total. The number of hydrogen-bond acceptors (Lipinski definition) is 11. The van der Waals surface area contributed by atoms with Gasteiger partial charge >= 0.3 is 0 Å². The van der Waals surface area contributed by atoms with Crippen molar-refractivity contribution in [2.24, 2.45) is 0 Å². The average molecular weight is 690 g/mol. The highest BCUT2D eigenvalue weighted by Gasteiger charge is 2.19. The zero-order valence-corrected chi connectivity index (χ0v) is 26.4. The molecule has 6 rings (SSSR count). The van der Waals surface area contributed by atoms with E-state index in [2.05, 4.69) is 29.9 Å². The predicted molar refractivity (Wildman–Crippen MR) is 185 cm³/mol. The van der Waals surface area contributed by atoms with E-state index in [1.165, 1.54) is 26.0 Å². The zero-order chi connectivity index (χ0) is 47.2. The molecule has 0 atom stereocenters. The third-order valence-electron chi connectivity index (χ3n) is 6.35. The van der Waals surface area contributed by atoms with Crippen LogP contribution in [0.2, 0.25) is 0 Å². The van der Waals surface area contributed by atoms with Crippen LogP contribution in [0.15, 0.2) is 59.1 Å². The SMILES string of the molecule is [2H]c1nc(C([2H])([2H])Sc2nc3ccc(OC)cc3[nH]2)c(C([2H])([2H])[2H])c([N+](=O)[O-])c1C([2H])([2H])[2H].[2H]c1nc(CSc2nc3ccc(OC)cc3[nH]2)c(C([2H])([2H])[2H])c(OC)c1C([2H])([2H])[2H]. The van der Waals surface area contributed by atoms with Gasteiger partial charge in [-0.2, -0.15) is 0 Å². The Morgan fingerprint density at radius 1 is 0.830 bits per heavy atom. The van der Waals surface area contributed by atoms with Gasteiger partial charge in [0.1, 0.15) is 17.2 Å². The number of nitrogens with one attached hydrogen (secondary N) is 2. The number of methoxy groups -OCH3 is 3. The van der Waals surface area contributed by atoms with Gasteiger partial charge in [-0.15, -0.1) is 0 Å². The first-order chi connectivity index (χ1) is 29.0. The monoisotopic (exact) mass is 689 g/mol. The molecule has 47 heavy (non-hydrogen) atoms. The number of pyridine rings is 2. The molecule has 4 aromatic heterocycles. The Kier molecular flexibility index (Phi) is 5.80. The molecule has 4 heterocycles. The van der Waals surface area contributed by atoms with E-state index < -0.39 is 78.5 Å². The van der Waals surface area contributed by atoms with Crippen LogP contribution in [-0.2, 0) is 11.5 Å². The summed E-state index contributed by atoms with van der Waals surface area (Å²) in [5, 5.41) is 12.2. The fourth-order valence-electron chi connectivity index (χ4n) is 4.04. The summed E-state index contributed by atoms with van der Waals surface area (Å²) >= 11 is 1.56. The first-order valence-corrected chi connectivity index (χ1v) is 15.0. The molecule has 0 fully saturated rings. The van der Waals surface area contributed by atoms with Gasteiger partial charge in [0.2, 0.25) is 0 Å². The van der Waals surface area contributed by atoms with Crippen LogP contribution in [0.4, 0.5) is 5.69 Å². The highest BCUT2D eigenvalue weighted by molar-refractivity contribution is 7.98. The highest BCUT2D eigenvalue weighted by Crippen LogP contribution is 2.31. The van der Waals surface area contributed by atoms with E-state index in [0.29, 0.717) is 45.0 Å². The topological polar surface area (TPSA) is 154 Å². The Morgan fingerprint density at radius 2 is 1.43 bits per heavy atom. The Hall–Kier alpha value is -4.82. The van der Waals surface area contributed by atoms with Gasteiger partial charge in [-0.25, -0.2) is 9.97 Å². The fraction of sp³-hybridized carbons (Fsp3) is 0.273. The largest absolute Gasteiger partial charge is 0.497 e. The molecule has 0 radical (unpaired) electrons. The van der Waals surface area contributed by atoms with Gasteiger partial charge in [-0.1, -0.05) is 23.5 Å². The number of imidazole rings is 2. The minimum atomic E-state index is -3.30. The van der Waals surface area contributed by atoms with Crippen LogP contribution in [0.25, 0.3) is 22.1 Å². The number of aromatic amines is 2. The Labute approximate surface area is 302 Å². The number of benzene rings is 2. The highest BCUT2D eigenvalue weighted by atomic mass is 32.2. The van der Waals surface area contributed by atoms with Gasteiger partial charge in [0.25, 0.3) is 5.69 Å². The average Bonchev–Trinajstić information content (AvgIpc) is 3.76. The zero-order valence-electron chi connectivity index (χ0n) is 40.8. The van der Waals surface area contributed by atoms with Crippen molar-refractivity contribution in [1.82, 2.24) is 29.9 Å². The minimum Gasteiger partial charge on any atom is -0.497 e. The van der Waals surface area contributed by atoms with E-state index in [9.17, 15) is 10.1 Å². The number of hydrogen-bond donors (Lipinski definition) is 2. The van der Waals surface area contributed by atoms with E-state index in [4.69, 9.17) is 36.1 Å². The molecule has 0 aliphatic carbocycles. The molecular weight excluding hydrogens is 639 g/mol. The minimum absolute atomic E-state index is 0.00405. The standard InChI is InChI=1S/C17H19N3O2S.C16H16N4O3S/c1-10-8-18-15(11(2)16(10)22-4)9-23-17-19-13-6-5-12(21-3)7-14(13)20-17;1-9-7-17-14(10(2)15(9)20(21)22)8-24-16-18-12-5-4-11(23-3)6-13(12)19-16/h5-8H,9H2,1-4H3,(H,19,20);4-7H,8H2,1-3H3,(H,18,19)/i1D3,2D3,8D;1D3,2D3,7D,8D2. The van der Waals surface area contributed by atoms with Crippen molar-refractivity contribution in [3.8, 4) is 17.2 Å². The second-order valence-corrected chi connectivity index (χ2v) is 11.0. The van der Waals surface area contributed by atoms with Gasteiger partial charge in [0, 0.05) is 77.4 Å². The van der Waals surface area contributed by atoms with Crippen molar-refractivity contribution in [3.05, 3.63) is 92.5 Å². The van der Waals surface area contributed by atoms with Gasteiger partial charge in [0.05, 0.1) is 62.4 Å². The predicted octanol–water partition coefficient (Wildman–Crippen LogP) is 7.67. The summed E-state index contributed by atoms with van der Waals surface area (Å²) in [6.45, 7) is -11.9. The number of ether oxygens (including phenoxy) is 3. The molecule has 0 saturated heterocycles. The molecule has 2 aromatic carbocycles. The summed E-state index contributed by atoms with van der Waals surface area (Å²) in [5.41, 5.74) is -5.79. The molecule has 0 spiro atoms. The Bertz CT molecular complexity index is 2680. The number of fused-ring (bicyclic) bond motifs is 2. The van der Waals surface area contributed by atoms with Gasteiger partial charge < -0.3 is 24.2 Å². The molecule has 0 saturated carbocycles. The molecule has 0 amide bonds. The lowest BCUT2D eigenvalue weighted by Gasteiger charge is -2.11. The second kappa shape index (κ2) is 14.7. The van der Waals surface area contributed by atoms with E-state index >= 15 is 0 Å². The molecule has 244 valence electrons. The third-order valence-corrected chi connectivity index (χ3v) is 7.91. The third kappa shape index (κ3) is 7.60. The number of H-pyrrole nitrogens is 2. The van der Waals surface area contributed by atoms with Crippen molar-refractivity contribution >= 4 is 51.3 Å².